The van der Waals surface area contributed by atoms with E-state index in [1.54, 1.807) is 4.88 Å². The topological polar surface area (TPSA) is 26.0 Å². The maximum atomic E-state index is 5.90. The van der Waals surface area contributed by atoms with Gasteiger partial charge in [-0.15, -0.1) is 11.3 Å². The minimum absolute atomic E-state index is 0.721. The van der Waals surface area contributed by atoms with Crippen LogP contribution in [0.25, 0.3) is 0 Å². The molecule has 2 rings (SSSR count). The van der Waals surface area contributed by atoms with Crippen LogP contribution in [0, 0.1) is 18.8 Å². The molecule has 1 aromatic rings. The Kier molecular flexibility index (Phi) is 3.47. The summed E-state index contributed by atoms with van der Waals surface area (Å²) in [7, 11) is 0. The first-order chi connectivity index (χ1) is 7.22. The fourth-order valence-corrected chi connectivity index (χ4v) is 3.95. The van der Waals surface area contributed by atoms with E-state index in [1.807, 2.05) is 11.3 Å². The van der Waals surface area contributed by atoms with E-state index in [0.29, 0.717) is 0 Å². The van der Waals surface area contributed by atoms with Crippen LogP contribution in [0.3, 0.4) is 0 Å². The molecule has 0 aliphatic heterocycles. The van der Waals surface area contributed by atoms with Crippen molar-refractivity contribution in [2.75, 3.05) is 6.54 Å². The van der Waals surface area contributed by atoms with Gasteiger partial charge >= 0.3 is 0 Å². The van der Waals surface area contributed by atoms with Gasteiger partial charge in [0.25, 0.3) is 0 Å². The molecule has 3 atom stereocenters. The molecule has 1 fully saturated rings. The van der Waals surface area contributed by atoms with Crippen LogP contribution in [0.2, 0.25) is 0 Å². The standard InChI is InChI=1S/C13H21NS/c1-9-3-4-11(8-14)12(7-9)13-10(2)5-6-15-13/h5-6,9,11-12H,3-4,7-8,14H2,1-2H3. The molecule has 1 aliphatic rings. The molecular formula is C13H21NS. The zero-order valence-electron chi connectivity index (χ0n) is 9.70. The molecule has 1 heterocycles. The Morgan fingerprint density at radius 3 is 2.87 bits per heavy atom. The molecule has 1 aromatic heterocycles. The monoisotopic (exact) mass is 223 g/mol. The maximum absolute atomic E-state index is 5.90. The Balaban J connectivity index is 2.20. The predicted octanol–water partition coefficient (Wildman–Crippen LogP) is 3.54. The van der Waals surface area contributed by atoms with Crippen LogP contribution in [-0.2, 0) is 0 Å². The van der Waals surface area contributed by atoms with Gasteiger partial charge in [0.15, 0.2) is 0 Å². The summed E-state index contributed by atoms with van der Waals surface area (Å²) in [6, 6.07) is 2.24. The predicted molar refractivity (Wildman–Crippen MR) is 67.4 cm³/mol. The molecule has 0 aromatic carbocycles. The second-order valence-electron chi connectivity index (χ2n) is 4.99. The third-order valence-electron chi connectivity index (χ3n) is 3.80. The van der Waals surface area contributed by atoms with Crippen LogP contribution in [0.1, 0.15) is 42.5 Å². The fraction of sp³-hybridized carbons (Fsp3) is 0.692. The van der Waals surface area contributed by atoms with Crippen molar-refractivity contribution in [3.63, 3.8) is 0 Å². The normalized spacial score (nSPS) is 31.8. The molecule has 1 aliphatic carbocycles. The average molecular weight is 223 g/mol. The lowest BCUT2D eigenvalue weighted by Crippen LogP contribution is -2.28. The minimum atomic E-state index is 0.721. The first kappa shape index (κ1) is 11.2. The summed E-state index contributed by atoms with van der Waals surface area (Å²) in [6.45, 7) is 5.47. The highest BCUT2D eigenvalue weighted by atomic mass is 32.1. The van der Waals surface area contributed by atoms with Gasteiger partial charge in [-0.2, -0.15) is 0 Å². The van der Waals surface area contributed by atoms with E-state index in [-0.39, 0.29) is 0 Å². The molecule has 15 heavy (non-hydrogen) atoms. The summed E-state index contributed by atoms with van der Waals surface area (Å²) in [6.07, 6.45) is 4.02. The summed E-state index contributed by atoms with van der Waals surface area (Å²) < 4.78 is 0. The van der Waals surface area contributed by atoms with Gasteiger partial charge < -0.3 is 5.73 Å². The summed E-state index contributed by atoms with van der Waals surface area (Å²) in [5.41, 5.74) is 7.37. The zero-order valence-corrected chi connectivity index (χ0v) is 10.5. The van der Waals surface area contributed by atoms with E-state index < -0.39 is 0 Å². The van der Waals surface area contributed by atoms with Crippen LogP contribution >= 0.6 is 11.3 Å². The second-order valence-corrected chi connectivity index (χ2v) is 5.94. The number of rotatable bonds is 2. The Morgan fingerprint density at radius 1 is 1.47 bits per heavy atom. The molecule has 0 spiro atoms. The molecule has 0 radical (unpaired) electrons. The molecule has 1 nitrogen and oxygen atoms in total. The smallest absolute Gasteiger partial charge is 0.0109 e. The summed E-state index contributed by atoms with van der Waals surface area (Å²) in [4.78, 5) is 1.59. The van der Waals surface area contributed by atoms with Gasteiger partial charge in [0.1, 0.15) is 0 Å². The molecule has 0 amide bonds. The van der Waals surface area contributed by atoms with Crippen molar-refractivity contribution in [3.05, 3.63) is 21.9 Å². The minimum Gasteiger partial charge on any atom is -0.330 e. The van der Waals surface area contributed by atoms with Gasteiger partial charge in [-0.05, 0) is 61.1 Å². The largest absolute Gasteiger partial charge is 0.330 e. The Hall–Kier alpha value is -0.340. The van der Waals surface area contributed by atoms with E-state index >= 15 is 0 Å². The van der Waals surface area contributed by atoms with E-state index in [0.717, 1.165) is 24.3 Å². The lowest BCUT2D eigenvalue weighted by atomic mass is 9.73. The van der Waals surface area contributed by atoms with Crippen molar-refractivity contribution in [1.82, 2.24) is 0 Å². The molecule has 2 heteroatoms. The second kappa shape index (κ2) is 4.67. The van der Waals surface area contributed by atoms with Gasteiger partial charge in [-0.25, -0.2) is 0 Å². The van der Waals surface area contributed by atoms with Crippen molar-refractivity contribution in [1.29, 1.82) is 0 Å². The SMILES string of the molecule is Cc1ccsc1C1CC(C)CCC1CN. The Morgan fingerprint density at radius 2 is 2.27 bits per heavy atom. The summed E-state index contributed by atoms with van der Waals surface area (Å²) in [5.74, 6) is 2.33. The fourth-order valence-electron chi connectivity index (χ4n) is 2.81. The average Bonchev–Trinajstić information content (AvgIpc) is 2.64. The number of hydrogen-bond acceptors (Lipinski definition) is 2. The zero-order chi connectivity index (χ0) is 10.8. The first-order valence-electron chi connectivity index (χ1n) is 5.96. The van der Waals surface area contributed by atoms with E-state index in [4.69, 9.17) is 5.73 Å². The van der Waals surface area contributed by atoms with E-state index in [2.05, 4.69) is 25.3 Å². The molecule has 3 unspecified atom stereocenters. The van der Waals surface area contributed by atoms with Gasteiger partial charge in [0.2, 0.25) is 0 Å². The number of aryl methyl sites for hydroxylation is 1. The van der Waals surface area contributed by atoms with Crippen LogP contribution in [0.5, 0.6) is 0 Å². The van der Waals surface area contributed by atoms with Crippen molar-refractivity contribution >= 4 is 11.3 Å². The molecule has 0 saturated heterocycles. The van der Waals surface area contributed by atoms with Gasteiger partial charge in [-0.3, -0.25) is 0 Å². The molecule has 2 N–H and O–H groups in total. The van der Waals surface area contributed by atoms with Crippen LogP contribution < -0.4 is 5.73 Å². The third-order valence-corrected chi connectivity index (χ3v) is 4.95. The van der Waals surface area contributed by atoms with Crippen molar-refractivity contribution in [2.45, 2.75) is 39.0 Å². The summed E-state index contributed by atoms with van der Waals surface area (Å²) in [5, 5.41) is 2.22. The quantitative estimate of drug-likeness (QED) is 0.815. The van der Waals surface area contributed by atoms with Gasteiger partial charge in [0.05, 0.1) is 0 Å². The lowest BCUT2D eigenvalue weighted by molar-refractivity contribution is 0.256. The Bertz CT molecular complexity index is 318. The van der Waals surface area contributed by atoms with Crippen LogP contribution in [-0.4, -0.2) is 6.54 Å². The van der Waals surface area contributed by atoms with E-state index in [1.165, 1.54) is 24.8 Å². The summed E-state index contributed by atoms with van der Waals surface area (Å²) >= 11 is 1.92. The van der Waals surface area contributed by atoms with Crippen molar-refractivity contribution in [2.24, 2.45) is 17.6 Å². The maximum Gasteiger partial charge on any atom is 0.0109 e. The highest BCUT2D eigenvalue weighted by Crippen LogP contribution is 2.42. The Labute approximate surface area is 96.7 Å². The van der Waals surface area contributed by atoms with Gasteiger partial charge in [-0.1, -0.05) is 13.3 Å². The molecular weight excluding hydrogens is 202 g/mol. The van der Waals surface area contributed by atoms with E-state index in [9.17, 15) is 0 Å². The number of nitrogens with two attached hydrogens (primary N) is 1. The number of thiophene rings is 1. The first-order valence-corrected chi connectivity index (χ1v) is 6.84. The van der Waals surface area contributed by atoms with Crippen molar-refractivity contribution in [3.8, 4) is 0 Å². The highest BCUT2D eigenvalue weighted by molar-refractivity contribution is 7.10. The molecule has 84 valence electrons. The van der Waals surface area contributed by atoms with Crippen LogP contribution in [0.4, 0.5) is 0 Å². The number of hydrogen-bond donors (Lipinski definition) is 1. The van der Waals surface area contributed by atoms with Gasteiger partial charge in [0, 0.05) is 4.88 Å². The van der Waals surface area contributed by atoms with Crippen LogP contribution in [0.15, 0.2) is 11.4 Å². The highest BCUT2D eigenvalue weighted by Gasteiger charge is 2.30. The molecule has 0 bridgehead atoms. The molecule has 1 saturated carbocycles. The van der Waals surface area contributed by atoms with Crippen molar-refractivity contribution < 1.29 is 0 Å². The third kappa shape index (κ3) is 2.26. The lowest BCUT2D eigenvalue weighted by Gasteiger charge is -2.34.